The molecule has 2 aromatic rings. The minimum absolute atomic E-state index is 0.0268. The predicted octanol–water partition coefficient (Wildman–Crippen LogP) is 1.91. The molecule has 0 unspecified atom stereocenters. The highest BCUT2D eigenvalue weighted by Crippen LogP contribution is 2.18. The van der Waals surface area contributed by atoms with E-state index in [0.717, 1.165) is 16.5 Å². The molecule has 0 radical (unpaired) electrons. The van der Waals surface area contributed by atoms with Crippen LogP contribution < -0.4 is 10.9 Å². The average Bonchev–Trinajstić information content (AvgIpc) is 3.17. The number of hydrogen-bond donors (Lipinski definition) is 1. The van der Waals surface area contributed by atoms with Crippen molar-refractivity contribution in [3.63, 3.8) is 0 Å². The fourth-order valence-corrected chi connectivity index (χ4v) is 2.33. The second-order valence-corrected chi connectivity index (χ2v) is 5.55. The van der Waals surface area contributed by atoms with E-state index in [0.29, 0.717) is 18.0 Å². The molecule has 1 aromatic heterocycles. The first-order valence-corrected chi connectivity index (χ1v) is 6.91. The molecule has 1 saturated carbocycles. The Balaban J connectivity index is 1.87. The van der Waals surface area contributed by atoms with Gasteiger partial charge >= 0.3 is 0 Å². The molecule has 0 aliphatic heterocycles. The van der Waals surface area contributed by atoms with Crippen molar-refractivity contribution in [2.24, 2.45) is 0 Å². The second-order valence-electron chi connectivity index (χ2n) is 4.63. The van der Waals surface area contributed by atoms with Gasteiger partial charge in [-0.3, -0.25) is 9.36 Å². The third kappa shape index (κ3) is 2.47. The molecule has 1 aromatic carbocycles. The van der Waals surface area contributed by atoms with Gasteiger partial charge in [0.15, 0.2) is 0 Å². The molecule has 0 atom stereocenters. The van der Waals surface area contributed by atoms with Gasteiger partial charge in [-0.1, -0.05) is 15.9 Å². The molecule has 1 N–H and O–H groups in total. The van der Waals surface area contributed by atoms with Crippen molar-refractivity contribution in [2.45, 2.75) is 25.4 Å². The largest absolute Gasteiger partial charge is 0.312 e. The Morgan fingerprint density at radius 2 is 2.28 bits per heavy atom. The van der Waals surface area contributed by atoms with Gasteiger partial charge in [-0.25, -0.2) is 4.98 Å². The fourth-order valence-electron chi connectivity index (χ4n) is 1.97. The molecule has 18 heavy (non-hydrogen) atoms. The summed E-state index contributed by atoms with van der Waals surface area (Å²) >= 11 is 3.38. The number of nitrogens with one attached hydrogen (secondary N) is 1. The molecule has 0 spiro atoms. The lowest BCUT2D eigenvalue weighted by atomic mass is 10.2. The van der Waals surface area contributed by atoms with Crippen LogP contribution in [0, 0.1) is 0 Å². The Bertz CT molecular complexity index is 634. The summed E-state index contributed by atoms with van der Waals surface area (Å²) in [5, 5.41) is 4.06. The van der Waals surface area contributed by atoms with Crippen LogP contribution in [0.2, 0.25) is 0 Å². The molecule has 5 heteroatoms. The van der Waals surface area contributed by atoms with Crippen molar-refractivity contribution >= 4 is 26.8 Å². The zero-order chi connectivity index (χ0) is 12.5. The molecule has 3 rings (SSSR count). The van der Waals surface area contributed by atoms with Crippen molar-refractivity contribution in [1.29, 1.82) is 0 Å². The van der Waals surface area contributed by atoms with Gasteiger partial charge in [0.1, 0.15) is 0 Å². The van der Waals surface area contributed by atoms with E-state index in [1.54, 1.807) is 10.9 Å². The Labute approximate surface area is 113 Å². The molecule has 0 bridgehead atoms. The lowest BCUT2D eigenvalue weighted by Gasteiger charge is -2.07. The van der Waals surface area contributed by atoms with Crippen LogP contribution in [0.4, 0.5) is 0 Å². The summed E-state index contributed by atoms with van der Waals surface area (Å²) in [6, 6.07) is 6.25. The predicted molar refractivity (Wildman–Crippen MR) is 74.7 cm³/mol. The summed E-state index contributed by atoms with van der Waals surface area (Å²) in [5.41, 5.74) is 0.772. The van der Waals surface area contributed by atoms with E-state index >= 15 is 0 Å². The summed E-state index contributed by atoms with van der Waals surface area (Å²) in [7, 11) is 0. The minimum Gasteiger partial charge on any atom is -0.312 e. The van der Waals surface area contributed by atoms with E-state index in [1.165, 1.54) is 12.8 Å². The van der Waals surface area contributed by atoms with Gasteiger partial charge in [-0.15, -0.1) is 0 Å². The van der Waals surface area contributed by atoms with Crippen molar-refractivity contribution in [2.75, 3.05) is 6.54 Å². The summed E-state index contributed by atoms with van der Waals surface area (Å²) < 4.78 is 2.58. The van der Waals surface area contributed by atoms with Gasteiger partial charge < -0.3 is 5.32 Å². The molecule has 0 amide bonds. The molecular weight excluding hydrogens is 294 g/mol. The Kier molecular flexibility index (Phi) is 3.18. The van der Waals surface area contributed by atoms with E-state index in [4.69, 9.17) is 0 Å². The minimum atomic E-state index is 0.0268. The number of nitrogens with zero attached hydrogens (tertiary/aromatic N) is 2. The van der Waals surface area contributed by atoms with Crippen molar-refractivity contribution < 1.29 is 0 Å². The zero-order valence-corrected chi connectivity index (χ0v) is 11.5. The molecule has 0 saturated heterocycles. The first-order chi connectivity index (χ1) is 8.74. The Morgan fingerprint density at radius 3 is 3.06 bits per heavy atom. The van der Waals surface area contributed by atoms with E-state index in [-0.39, 0.29) is 5.56 Å². The molecular formula is C13H14BrN3O. The Morgan fingerprint density at radius 1 is 1.44 bits per heavy atom. The highest BCUT2D eigenvalue weighted by molar-refractivity contribution is 9.10. The van der Waals surface area contributed by atoms with Crippen LogP contribution in [0.25, 0.3) is 10.9 Å². The van der Waals surface area contributed by atoms with Crippen LogP contribution in [-0.2, 0) is 6.54 Å². The smallest absolute Gasteiger partial charge is 0.261 e. The molecule has 1 aliphatic rings. The van der Waals surface area contributed by atoms with Gasteiger partial charge in [-0.2, -0.15) is 0 Å². The molecule has 94 valence electrons. The van der Waals surface area contributed by atoms with Crippen molar-refractivity contribution in [3.05, 3.63) is 39.4 Å². The molecule has 1 fully saturated rings. The van der Waals surface area contributed by atoms with Crippen LogP contribution in [0.3, 0.4) is 0 Å². The molecule has 4 nitrogen and oxygen atoms in total. The summed E-state index contributed by atoms with van der Waals surface area (Å²) in [4.78, 5) is 16.6. The fraction of sp³-hybridized carbons (Fsp3) is 0.385. The van der Waals surface area contributed by atoms with E-state index in [1.807, 2.05) is 18.2 Å². The summed E-state index contributed by atoms with van der Waals surface area (Å²) in [6.07, 6.45) is 4.16. The monoisotopic (exact) mass is 307 g/mol. The lowest BCUT2D eigenvalue weighted by Crippen LogP contribution is -2.28. The third-order valence-electron chi connectivity index (χ3n) is 3.15. The lowest BCUT2D eigenvalue weighted by molar-refractivity contribution is 0.580. The average molecular weight is 308 g/mol. The molecule has 1 heterocycles. The number of rotatable bonds is 4. The summed E-state index contributed by atoms with van der Waals surface area (Å²) in [5.74, 6) is 0. The number of hydrogen-bond acceptors (Lipinski definition) is 3. The van der Waals surface area contributed by atoms with Gasteiger partial charge in [0, 0.05) is 23.6 Å². The van der Waals surface area contributed by atoms with Crippen LogP contribution in [-0.4, -0.2) is 22.1 Å². The van der Waals surface area contributed by atoms with Crippen LogP contribution in [0.5, 0.6) is 0 Å². The third-order valence-corrected chi connectivity index (χ3v) is 3.64. The topological polar surface area (TPSA) is 46.9 Å². The van der Waals surface area contributed by atoms with Crippen LogP contribution in [0.1, 0.15) is 12.8 Å². The van der Waals surface area contributed by atoms with Gasteiger partial charge in [0.2, 0.25) is 0 Å². The van der Waals surface area contributed by atoms with Crippen molar-refractivity contribution in [3.8, 4) is 0 Å². The quantitative estimate of drug-likeness (QED) is 0.938. The maximum Gasteiger partial charge on any atom is 0.261 e. The number of halogens is 1. The normalized spacial score (nSPS) is 15.2. The number of fused-ring (bicyclic) bond motifs is 1. The van der Waals surface area contributed by atoms with E-state index in [9.17, 15) is 4.79 Å². The van der Waals surface area contributed by atoms with E-state index in [2.05, 4.69) is 26.2 Å². The zero-order valence-electron chi connectivity index (χ0n) is 9.90. The Hall–Kier alpha value is -1.20. The summed E-state index contributed by atoms with van der Waals surface area (Å²) in [6.45, 7) is 1.50. The van der Waals surface area contributed by atoms with Crippen LogP contribution >= 0.6 is 15.9 Å². The first kappa shape index (κ1) is 11.9. The van der Waals surface area contributed by atoms with Crippen LogP contribution in [0.15, 0.2) is 33.8 Å². The number of aromatic nitrogens is 2. The number of benzene rings is 1. The van der Waals surface area contributed by atoms with E-state index < -0.39 is 0 Å². The second kappa shape index (κ2) is 4.82. The van der Waals surface area contributed by atoms with Gasteiger partial charge in [-0.05, 0) is 31.0 Å². The molecule has 1 aliphatic carbocycles. The first-order valence-electron chi connectivity index (χ1n) is 6.12. The SMILES string of the molecule is O=c1c2cc(Br)ccc2ncn1CCNC1CC1. The van der Waals surface area contributed by atoms with Gasteiger partial charge in [0.25, 0.3) is 5.56 Å². The highest BCUT2D eigenvalue weighted by Gasteiger charge is 2.19. The van der Waals surface area contributed by atoms with Crippen molar-refractivity contribution in [1.82, 2.24) is 14.9 Å². The maximum atomic E-state index is 12.2. The van der Waals surface area contributed by atoms with Gasteiger partial charge in [0.05, 0.1) is 17.2 Å². The highest BCUT2D eigenvalue weighted by atomic mass is 79.9. The standard InChI is InChI=1S/C13H14BrN3O/c14-9-1-4-12-11(7-9)13(18)17(8-16-12)6-5-15-10-2-3-10/h1,4,7-8,10,15H,2-3,5-6H2. The maximum absolute atomic E-state index is 12.2.